The van der Waals surface area contributed by atoms with Crippen LogP contribution < -0.4 is 5.73 Å². The molecule has 7 nitrogen and oxygen atoms in total. The standard InChI is InChI=1S/C9H17N5O2/c1-7(6-15)13(2)9(16)8-5-14(4-3-10)12-11-8/h5,7,15H,3-4,6,10H2,1-2H3. The molecule has 0 radical (unpaired) electrons. The first kappa shape index (κ1) is 12.6. The minimum absolute atomic E-state index is 0.0841. The lowest BCUT2D eigenvalue weighted by molar-refractivity contribution is 0.0676. The molecule has 0 fully saturated rings. The fraction of sp³-hybridized carbons (Fsp3) is 0.667. The number of hydrogen-bond donors (Lipinski definition) is 2. The average Bonchev–Trinajstić information content (AvgIpc) is 2.75. The minimum atomic E-state index is -0.259. The molecule has 1 aromatic heterocycles. The molecule has 1 aromatic rings. The molecule has 1 rings (SSSR count). The Morgan fingerprint density at radius 2 is 2.44 bits per heavy atom. The van der Waals surface area contributed by atoms with Crippen molar-refractivity contribution in [1.82, 2.24) is 19.9 Å². The van der Waals surface area contributed by atoms with Gasteiger partial charge in [0.05, 0.1) is 25.4 Å². The number of nitrogens with zero attached hydrogens (tertiary/aromatic N) is 4. The van der Waals surface area contributed by atoms with Crippen molar-refractivity contribution in [2.45, 2.75) is 19.5 Å². The van der Waals surface area contributed by atoms with Crippen molar-refractivity contribution >= 4 is 5.91 Å². The number of carbonyl (C=O) groups excluding carboxylic acids is 1. The molecule has 1 amide bonds. The second-order valence-corrected chi connectivity index (χ2v) is 3.60. The molecule has 0 saturated carbocycles. The van der Waals surface area contributed by atoms with Gasteiger partial charge in [0.1, 0.15) is 0 Å². The third-order valence-electron chi connectivity index (χ3n) is 2.36. The summed E-state index contributed by atoms with van der Waals surface area (Å²) in [6, 6.07) is -0.243. The Kier molecular flexibility index (Phi) is 4.39. The third-order valence-corrected chi connectivity index (χ3v) is 2.36. The van der Waals surface area contributed by atoms with Gasteiger partial charge in [0, 0.05) is 13.6 Å². The van der Waals surface area contributed by atoms with E-state index in [-0.39, 0.29) is 24.2 Å². The molecule has 0 aromatic carbocycles. The lowest BCUT2D eigenvalue weighted by Crippen LogP contribution is -2.37. The van der Waals surface area contributed by atoms with Gasteiger partial charge in [-0.05, 0) is 6.92 Å². The lowest BCUT2D eigenvalue weighted by atomic mass is 10.3. The topological polar surface area (TPSA) is 97.3 Å². The summed E-state index contributed by atoms with van der Waals surface area (Å²) in [4.78, 5) is 13.3. The van der Waals surface area contributed by atoms with Crippen molar-refractivity contribution in [3.63, 3.8) is 0 Å². The van der Waals surface area contributed by atoms with Crippen LogP contribution in [-0.2, 0) is 6.54 Å². The molecule has 0 aliphatic rings. The summed E-state index contributed by atoms with van der Waals surface area (Å²) in [6.07, 6.45) is 1.55. The molecular weight excluding hydrogens is 210 g/mol. The molecule has 0 spiro atoms. The van der Waals surface area contributed by atoms with Crippen molar-refractivity contribution in [2.24, 2.45) is 5.73 Å². The van der Waals surface area contributed by atoms with E-state index in [9.17, 15) is 4.79 Å². The maximum absolute atomic E-state index is 11.8. The van der Waals surface area contributed by atoms with Gasteiger partial charge in [-0.2, -0.15) is 0 Å². The highest BCUT2D eigenvalue weighted by Crippen LogP contribution is 2.02. The van der Waals surface area contributed by atoms with Gasteiger partial charge in [-0.3, -0.25) is 9.48 Å². The Morgan fingerprint density at radius 1 is 1.75 bits per heavy atom. The van der Waals surface area contributed by atoms with E-state index in [0.717, 1.165) is 0 Å². The number of hydrogen-bond acceptors (Lipinski definition) is 5. The Balaban J connectivity index is 2.72. The molecule has 0 aliphatic heterocycles. The van der Waals surface area contributed by atoms with Crippen LogP contribution in [0.15, 0.2) is 6.20 Å². The van der Waals surface area contributed by atoms with Gasteiger partial charge in [0.2, 0.25) is 0 Å². The van der Waals surface area contributed by atoms with Crippen molar-refractivity contribution in [3.8, 4) is 0 Å². The van der Waals surface area contributed by atoms with E-state index in [1.54, 1.807) is 20.2 Å². The van der Waals surface area contributed by atoms with E-state index < -0.39 is 0 Å². The number of carbonyl (C=O) groups is 1. The number of nitrogens with two attached hydrogens (primary N) is 1. The highest BCUT2D eigenvalue weighted by Gasteiger charge is 2.19. The molecule has 1 heterocycles. The molecule has 0 saturated heterocycles. The van der Waals surface area contributed by atoms with Crippen LogP contribution in [0.5, 0.6) is 0 Å². The molecule has 16 heavy (non-hydrogen) atoms. The van der Waals surface area contributed by atoms with Crippen molar-refractivity contribution in [3.05, 3.63) is 11.9 Å². The first-order valence-electron chi connectivity index (χ1n) is 5.08. The highest BCUT2D eigenvalue weighted by atomic mass is 16.3. The zero-order chi connectivity index (χ0) is 12.1. The maximum atomic E-state index is 11.8. The third kappa shape index (κ3) is 2.77. The summed E-state index contributed by atoms with van der Waals surface area (Å²) in [7, 11) is 1.62. The Bertz CT molecular complexity index is 351. The van der Waals surface area contributed by atoms with Crippen LogP contribution >= 0.6 is 0 Å². The Morgan fingerprint density at radius 3 is 3.00 bits per heavy atom. The molecule has 7 heteroatoms. The number of amides is 1. The monoisotopic (exact) mass is 227 g/mol. The lowest BCUT2D eigenvalue weighted by Gasteiger charge is -2.21. The second-order valence-electron chi connectivity index (χ2n) is 3.60. The predicted molar refractivity (Wildman–Crippen MR) is 57.7 cm³/mol. The summed E-state index contributed by atoms with van der Waals surface area (Å²) in [5, 5.41) is 16.5. The fourth-order valence-electron chi connectivity index (χ4n) is 1.14. The summed E-state index contributed by atoms with van der Waals surface area (Å²) in [5.41, 5.74) is 5.62. The van der Waals surface area contributed by atoms with E-state index in [0.29, 0.717) is 13.1 Å². The Labute approximate surface area is 93.8 Å². The molecule has 3 N–H and O–H groups in total. The first-order valence-corrected chi connectivity index (χ1v) is 5.08. The molecule has 0 aliphatic carbocycles. The smallest absolute Gasteiger partial charge is 0.276 e. The van der Waals surface area contributed by atoms with Gasteiger partial charge in [-0.25, -0.2) is 0 Å². The number of aliphatic hydroxyl groups is 1. The zero-order valence-electron chi connectivity index (χ0n) is 9.50. The van der Waals surface area contributed by atoms with E-state index in [1.807, 2.05) is 0 Å². The van der Waals surface area contributed by atoms with Crippen molar-refractivity contribution in [1.29, 1.82) is 0 Å². The van der Waals surface area contributed by atoms with Crippen LogP contribution in [-0.4, -0.2) is 57.1 Å². The molecule has 90 valence electrons. The molecule has 1 atom stereocenters. The molecule has 1 unspecified atom stereocenters. The van der Waals surface area contributed by atoms with Gasteiger partial charge in [0.25, 0.3) is 5.91 Å². The first-order chi connectivity index (χ1) is 7.60. The van der Waals surface area contributed by atoms with Crippen LogP contribution in [0.3, 0.4) is 0 Å². The van der Waals surface area contributed by atoms with Gasteiger partial charge in [0.15, 0.2) is 5.69 Å². The number of aromatic nitrogens is 3. The number of rotatable bonds is 5. The Hall–Kier alpha value is -1.47. The van der Waals surface area contributed by atoms with Gasteiger partial charge in [-0.15, -0.1) is 5.10 Å². The summed E-state index contributed by atoms with van der Waals surface area (Å²) in [5.74, 6) is -0.259. The highest BCUT2D eigenvalue weighted by molar-refractivity contribution is 5.91. The van der Waals surface area contributed by atoms with E-state index in [4.69, 9.17) is 10.8 Å². The zero-order valence-corrected chi connectivity index (χ0v) is 9.50. The normalized spacial score (nSPS) is 12.5. The van der Waals surface area contributed by atoms with Gasteiger partial charge in [-0.1, -0.05) is 5.21 Å². The SMILES string of the molecule is CC(CO)N(C)C(=O)c1cn(CCN)nn1. The van der Waals surface area contributed by atoms with Crippen LogP contribution in [0, 0.1) is 0 Å². The molecular formula is C9H17N5O2. The van der Waals surface area contributed by atoms with E-state index >= 15 is 0 Å². The second kappa shape index (κ2) is 5.57. The summed E-state index contributed by atoms with van der Waals surface area (Å²) in [6.45, 7) is 2.64. The van der Waals surface area contributed by atoms with Crippen LogP contribution in [0.2, 0.25) is 0 Å². The van der Waals surface area contributed by atoms with E-state index in [2.05, 4.69) is 10.3 Å². The van der Waals surface area contributed by atoms with Crippen LogP contribution in [0.1, 0.15) is 17.4 Å². The minimum Gasteiger partial charge on any atom is -0.394 e. The van der Waals surface area contributed by atoms with Gasteiger partial charge < -0.3 is 15.7 Å². The van der Waals surface area contributed by atoms with Crippen LogP contribution in [0.4, 0.5) is 0 Å². The summed E-state index contributed by atoms with van der Waals surface area (Å²) < 4.78 is 1.52. The van der Waals surface area contributed by atoms with Gasteiger partial charge >= 0.3 is 0 Å². The fourth-order valence-corrected chi connectivity index (χ4v) is 1.14. The largest absolute Gasteiger partial charge is 0.394 e. The van der Waals surface area contributed by atoms with Crippen molar-refractivity contribution < 1.29 is 9.90 Å². The predicted octanol–water partition coefficient (Wildman–Crippen LogP) is -1.31. The molecule has 0 bridgehead atoms. The maximum Gasteiger partial charge on any atom is 0.276 e. The van der Waals surface area contributed by atoms with Crippen LogP contribution in [0.25, 0.3) is 0 Å². The quantitative estimate of drug-likeness (QED) is 0.651. The number of aliphatic hydroxyl groups excluding tert-OH is 1. The number of likely N-dealkylation sites (N-methyl/N-ethyl adjacent to an activating group) is 1. The van der Waals surface area contributed by atoms with Crippen molar-refractivity contribution in [2.75, 3.05) is 20.2 Å². The van der Waals surface area contributed by atoms with E-state index in [1.165, 1.54) is 9.58 Å². The summed E-state index contributed by atoms with van der Waals surface area (Å²) >= 11 is 0. The average molecular weight is 227 g/mol.